The minimum atomic E-state index is -0.718. The zero-order valence-corrected chi connectivity index (χ0v) is 15.8. The molecular formula is C18H30N2O5. The van der Waals surface area contributed by atoms with Crippen LogP contribution in [0.3, 0.4) is 0 Å². The van der Waals surface area contributed by atoms with Gasteiger partial charge in [0.1, 0.15) is 17.4 Å². The van der Waals surface area contributed by atoms with Gasteiger partial charge in [-0.2, -0.15) is 0 Å². The summed E-state index contributed by atoms with van der Waals surface area (Å²) in [4.78, 5) is 29.5. The Bertz CT molecular complexity index is 522. The highest BCUT2D eigenvalue weighted by Gasteiger charge is 2.28. The summed E-state index contributed by atoms with van der Waals surface area (Å²) in [5, 5.41) is 2.62. The van der Waals surface area contributed by atoms with Gasteiger partial charge in [-0.1, -0.05) is 20.3 Å². The van der Waals surface area contributed by atoms with Crippen molar-refractivity contribution in [2.24, 2.45) is 5.92 Å². The Kier molecular flexibility index (Phi) is 8.48. The number of hydrogen-bond donors (Lipinski definition) is 2. The second-order valence-corrected chi connectivity index (χ2v) is 7.01. The van der Waals surface area contributed by atoms with Crippen LogP contribution in [0, 0.1) is 5.92 Å². The van der Waals surface area contributed by atoms with Crippen molar-refractivity contribution < 1.29 is 23.6 Å². The minimum Gasteiger partial charge on any atom is -0.469 e. The smallest absolute Gasteiger partial charge is 0.408 e. The van der Waals surface area contributed by atoms with Crippen LogP contribution in [0.15, 0.2) is 22.8 Å². The van der Waals surface area contributed by atoms with Crippen molar-refractivity contribution in [2.75, 3.05) is 6.61 Å². The number of aryl methyl sites for hydroxylation is 1. The molecule has 25 heavy (non-hydrogen) atoms. The lowest BCUT2D eigenvalue weighted by Crippen LogP contribution is -2.51. The minimum absolute atomic E-state index is 0.0563. The molecule has 0 spiro atoms. The highest BCUT2D eigenvalue weighted by molar-refractivity contribution is 5.85. The average molecular weight is 354 g/mol. The summed E-state index contributed by atoms with van der Waals surface area (Å²) in [6, 6.07) is 3.00. The maximum absolute atomic E-state index is 12.3. The van der Waals surface area contributed by atoms with Crippen LogP contribution in [0.5, 0.6) is 0 Å². The molecule has 1 heterocycles. The van der Waals surface area contributed by atoms with Crippen LogP contribution in [0.25, 0.3) is 0 Å². The Labute approximate surface area is 149 Å². The van der Waals surface area contributed by atoms with Gasteiger partial charge in [-0.15, -0.1) is 0 Å². The first kappa shape index (κ1) is 21.0. The van der Waals surface area contributed by atoms with Gasteiger partial charge in [0.05, 0.1) is 12.9 Å². The van der Waals surface area contributed by atoms with Crippen molar-refractivity contribution in [1.29, 1.82) is 0 Å². The first-order valence-corrected chi connectivity index (χ1v) is 8.66. The predicted octanol–water partition coefficient (Wildman–Crippen LogP) is 3.20. The molecule has 2 amide bonds. The molecule has 1 rings (SSSR count). The number of alkyl carbamates (subject to hydrolysis) is 1. The topological polar surface area (TPSA) is 89.8 Å². The van der Waals surface area contributed by atoms with Gasteiger partial charge in [0, 0.05) is 6.42 Å². The van der Waals surface area contributed by atoms with E-state index in [9.17, 15) is 9.59 Å². The fourth-order valence-corrected chi connectivity index (χ4v) is 2.10. The Morgan fingerprint density at radius 1 is 1.32 bits per heavy atom. The maximum atomic E-state index is 12.3. The summed E-state index contributed by atoms with van der Waals surface area (Å²) < 4.78 is 10.4. The largest absolute Gasteiger partial charge is 0.469 e. The first-order chi connectivity index (χ1) is 11.7. The van der Waals surface area contributed by atoms with Gasteiger partial charge in [0.25, 0.3) is 5.91 Å². The second kappa shape index (κ2) is 10.1. The second-order valence-electron chi connectivity index (χ2n) is 7.01. The molecule has 0 fully saturated rings. The highest BCUT2D eigenvalue weighted by atomic mass is 16.7. The third kappa shape index (κ3) is 8.58. The van der Waals surface area contributed by atoms with E-state index in [-0.39, 0.29) is 5.92 Å². The van der Waals surface area contributed by atoms with E-state index < -0.39 is 23.6 Å². The number of furan rings is 1. The van der Waals surface area contributed by atoms with E-state index in [1.54, 1.807) is 27.0 Å². The maximum Gasteiger partial charge on any atom is 0.408 e. The van der Waals surface area contributed by atoms with Crippen LogP contribution in [0.4, 0.5) is 4.79 Å². The van der Waals surface area contributed by atoms with E-state index in [0.717, 1.165) is 18.6 Å². The van der Waals surface area contributed by atoms with E-state index in [1.165, 1.54) is 0 Å². The normalized spacial score (nSPS) is 13.8. The molecule has 2 atom stereocenters. The molecule has 0 radical (unpaired) electrons. The molecule has 1 aromatic heterocycles. The fraction of sp³-hybridized carbons (Fsp3) is 0.667. The lowest BCUT2D eigenvalue weighted by atomic mass is 9.99. The van der Waals surface area contributed by atoms with Gasteiger partial charge in [0.15, 0.2) is 0 Å². The monoisotopic (exact) mass is 354 g/mol. The average Bonchev–Trinajstić information content (AvgIpc) is 3.03. The van der Waals surface area contributed by atoms with Crippen LogP contribution < -0.4 is 10.8 Å². The molecule has 1 aromatic rings. The van der Waals surface area contributed by atoms with Crippen LogP contribution in [-0.4, -0.2) is 30.3 Å². The number of nitrogens with one attached hydrogen (secondary N) is 2. The number of carbonyl (C=O) groups is 2. The summed E-state index contributed by atoms with van der Waals surface area (Å²) in [5.74, 6) is 0.427. The van der Waals surface area contributed by atoms with E-state index in [0.29, 0.717) is 13.0 Å². The number of hydrogen-bond acceptors (Lipinski definition) is 5. The number of rotatable bonds is 9. The molecule has 7 nitrogen and oxygen atoms in total. The molecule has 0 aliphatic carbocycles. The summed E-state index contributed by atoms with van der Waals surface area (Å²) in [5.41, 5.74) is 1.78. The first-order valence-electron chi connectivity index (χ1n) is 8.66. The quantitative estimate of drug-likeness (QED) is 0.525. The molecule has 0 aliphatic heterocycles. The Morgan fingerprint density at radius 2 is 2.04 bits per heavy atom. The van der Waals surface area contributed by atoms with E-state index >= 15 is 0 Å². The SMILES string of the molecule is CCC(C)C(NC(=O)OC(C)(C)C)C(=O)NOCCCc1ccco1. The van der Waals surface area contributed by atoms with Crippen molar-refractivity contribution >= 4 is 12.0 Å². The third-order valence-corrected chi connectivity index (χ3v) is 3.59. The lowest BCUT2D eigenvalue weighted by molar-refractivity contribution is -0.137. The molecule has 2 unspecified atom stereocenters. The molecule has 0 saturated carbocycles. The van der Waals surface area contributed by atoms with Crippen molar-refractivity contribution in [3.05, 3.63) is 24.2 Å². The Morgan fingerprint density at radius 3 is 2.60 bits per heavy atom. The zero-order valence-electron chi connectivity index (χ0n) is 15.8. The predicted molar refractivity (Wildman–Crippen MR) is 93.7 cm³/mol. The van der Waals surface area contributed by atoms with E-state index in [4.69, 9.17) is 14.0 Å². The molecule has 0 aliphatic rings. The molecule has 7 heteroatoms. The summed E-state index contributed by atoms with van der Waals surface area (Å²) in [6.07, 6.45) is 3.17. The molecule has 0 aromatic carbocycles. The number of carbonyl (C=O) groups excluding carboxylic acids is 2. The van der Waals surface area contributed by atoms with Crippen LogP contribution >= 0.6 is 0 Å². The standard InChI is InChI=1S/C18H30N2O5/c1-6-13(2)15(19-17(22)25-18(3,4)5)16(21)20-24-12-8-10-14-9-7-11-23-14/h7,9,11,13,15H,6,8,10,12H2,1-5H3,(H,19,22)(H,20,21). The van der Waals surface area contributed by atoms with Crippen LogP contribution in [-0.2, 0) is 20.8 Å². The molecule has 0 bridgehead atoms. The van der Waals surface area contributed by atoms with Gasteiger partial charge in [-0.05, 0) is 45.2 Å². The molecule has 0 saturated heterocycles. The van der Waals surface area contributed by atoms with Gasteiger partial charge < -0.3 is 14.5 Å². The summed E-state index contributed by atoms with van der Waals surface area (Å²) in [7, 11) is 0. The Balaban J connectivity index is 2.40. The fourth-order valence-electron chi connectivity index (χ4n) is 2.10. The molecule has 142 valence electrons. The van der Waals surface area contributed by atoms with Crippen molar-refractivity contribution in [1.82, 2.24) is 10.8 Å². The van der Waals surface area contributed by atoms with Crippen molar-refractivity contribution in [2.45, 2.75) is 65.5 Å². The third-order valence-electron chi connectivity index (χ3n) is 3.59. The van der Waals surface area contributed by atoms with Crippen LogP contribution in [0.2, 0.25) is 0 Å². The van der Waals surface area contributed by atoms with Gasteiger partial charge in [-0.25, -0.2) is 10.3 Å². The summed E-state index contributed by atoms with van der Waals surface area (Å²) >= 11 is 0. The number of amides is 2. The zero-order chi connectivity index (χ0) is 18.9. The van der Waals surface area contributed by atoms with Gasteiger partial charge in [0.2, 0.25) is 0 Å². The molecule has 2 N–H and O–H groups in total. The highest BCUT2D eigenvalue weighted by Crippen LogP contribution is 2.11. The summed E-state index contributed by atoms with van der Waals surface area (Å²) in [6.45, 7) is 9.50. The molecular weight excluding hydrogens is 324 g/mol. The van der Waals surface area contributed by atoms with Crippen molar-refractivity contribution in [3.8, 4) is 0 Å². The lowest BCUT2D eigenvalue weighted by Gasteiger charge is -2.26. The number of ether oxygens (including phenoxy) is 1. The van der Waals surface area contributed by atoms with Gasteiger partial charge in [-0.3, -0.25) is 9.63 Å². The Hall–Kier alpha value is -2.02. The van der Waals surface area contributed by atoms with Crippen LogP contribution in [0.1, 0.15) is 53.2 Å². The van der Waals surface area contributed by atoms with Gasteiger partial charge >= 0.3 is 6.09 Å². The number of hydroxylamine groups is 1. The van der Waals surface area contributed by atoms with Crippen molar-refractivity contribution in [3.63, 3.8) is 0 Å². The van der Waals surface area contributed by atoms with E-state index in [1.807, 2.05) is 26.0 Å². The van der Waals surface area contributed by atoms with E-state index in [2.05, 4.69) is 10.8 Å².